The number of halogens is 2. The van der Waals surface area contributed by atoms with Crippen molar-refractivity contribution in [3.05, 3.63) is 34.1 Å². The molecule has 114 valence electrons. The Morgan fingerprint density at radius 2 is 1.95 bits per heavy atom. The molecule has 1 fully saturated rings. The molecule has 1 heterocycles. The van der Waals surface area contributed by atoms with Gasteiger partial charge in [-0.1, -0.05) is 15.9 Å². The molecule has 2 rings (SSSR count). The minimum absolute atomic E-state index is 0.109. The number of likely N-dealkylation sites (tertiary alicyclic amines) is 1. The fourth-order valence-electron chi connectivity index (χ4n) is 2.61. The van der Waals surface area contributed by atoms with Crippen molar-refractivity contribution in [3.8, 4) is 0 Å². The Morgan fingerprint density at radius 1 is 1.29 bits per heavy atom. The summed E-state index contributed by atoms with van der Waals surface area (Å²) in [6.45, 7) is 0.812. The Morgan fingerprint density at radius 3 is 2.57 bits per heavy atom. The largest absolute Gasteiger partial charge is 0.481 e. The van der Waals surface area contributed by atoms with E-state index < -0.39 is 23.8 Å². The molecule has 7 heteroatoms. The molecule has 5 nitrogen and oxygen atoms in total. The van der Waals surface area contributed by atoms with Crippen LogP contribution in [-0.2, 0) is 16.1 Å². The zero-order valence-electron chi connectivity index (χ0n) is 11.1. The lowest BCUT2D eigenvalue weighted by atomic mass is 9.85. The van der Waals surface area contributed by atoms with Crippen LogP contribution in [0.1, 0.15) is 12.0 Å². The third-order valence-electron chi connectivity index (χ3n) is 3.73. The summed E-state index contributed by atoms with van der Waals surface area (Å²) in [5.41, 5.74) is 0.460. The van der Waals surface area contributed by atoms with E-state index in [-0.39, 0.29) is 25.3 Å². The summed E-state index contributed by atoms with van der Waals surface area (Å²) in [4.78, 5) is 24.1. The molecule has 21 heavy (non-hydrogen) atoms. The molecule has 0 bridgehead atoms. The molecule has 0 aliphatic carbocycles. The molecule has 0 radical (unpaired) electrons. The molecule has 2 N–H and O–H groups in total. The van der Waals surface area contributed by atoms with Crippen molar-refractivity contribution >= 4 is 27.9 Å². The van der Waals surface area contributed by atoms with Gasteiger partial charge >= 0.3 is 11.9 Å². The van der Waals surface area contributed by atoms with Crippen LogP contribution in [0.25, 0.3) is 0 Å². The Hall–Kier alpha value is -1.47. The number of piperidine rings is 1. The molecule has 0 spiro atoms. The van der Waals surface area contributed by atoms with Crippen LogP contribution < -0.4 is 0 Å². The fraction of sp³-hybridized carbons (Fsp3) is 0.429. The highest BCUT2D eigenvalue weighted by Gasteiger charge is 2.38. The molecule has 0 saturated carbocycles. The Bertz CT molecular complexity index is 566. The number of nitrogens with zero attached hydrogens (tertiary/aromatic N) is 1. The Labute approximate surface area is 129 Å². The molecule has 1 aliphatic rings. The van der Waals surface area contributed by atoms with Crippen LogP contribution >= 0.6 is 15.9 Å². The predicted molar refractivity (Wildman–Crippen MR) is 76.2 cm³/mol. The summed E-state index contributed by atoms with van der Waals surface area (Å²) >= 11 is 3.27. The monoisotopic (exact) mass is 359 g/mol. The smallest absolute Gasteiger partial charge is 0.308 e. The average Bonchev–Trinajstić information content (AvgIpc) is 2.42. The molecule has 2 atom stereocenters. The average molecular weight is 360 g/mol. The Balaban J connectivity index is 2.11. The number of hydrogen-bond donors (Lipinski definition) is 2. The Kier molecular flexibility index (Phi) is 4.95. The predicted octanol–water partition coefficient (Wildman–Crippen LogP) is 2.20. The number of benzene rings is 1. The van der Waals surface area contributed by atoms with Gasteiger partial charge in [-0.15, -0.1) is 0 Å². The fourth-order valence-corrected chi connectivity index (χ4v) is 3.02. The van der Waals surface area contributed by atoms with E-state index in [1.807, 2.05) is 0 Å². The normalized spacial score (nSPS) is 23.0. The summed E-state index contributed by atoms with van der Waals surface area (Å²) in [7, 11) is 0. The topological polar surface area (TPSA) is 77.8 Å². The lowest BCUT2D eigenvalue weighted by molar-refractivity contribution is -0.157. The first-order valence-electron chi connectivity index (χ1n) is 6.50. The molecule has 1 saturated heterocycles. The summed E-state index contributed by atoms with van der Waals surface area (Å²) in [5, 5.41) is 18.2. The second kappa shape index (κ2) is 6.53. The third kappa shape index (κ3) is 3.79. The third-order valence-corrected chi connectivity index (χ3v) is 4.23. The summed E-state index contributed by atoms with van der Waals surface area (Å²) in [5.74, 6) is -4.42. The van der Waals surface area contributed by atoms with E-state index in [9.17, 15) is 14.0 Å². The highest BCUT2D eigenvalue weighted by Crippen LogP contribution is 2.26. The quantitative estimate of drug-likeness (QED) is 0.861. The van der Waals surface area contributed by atoms with E-state index in [1.54, 1.807) is 17.0 Å². The maximum atomic E-state index is 13.7. The van der Waals surface area contributed by atoms with Gasteiger partial charge in [0.25, 0.3) is 0 Å². The summed E-state index contributed by atoms with van der Waals surface area (Å²) < 4.78 is 14.5. The van der Waals surface area contributed by atoms with Crippen LogP contribution in [-0.4, -0.2) is 40.1 Å². The highest BCUT2D eigenvalue weighted by molar-refractivity contribution is 9.10. The van der Waals surface area contributed by atoms with E-state index in [0.717, 1.165) is 4.47 Å². The second-order valence-electron chi connectivity index (χ2n) is 5.15. The van der Waals surface area contributed by atoms with E-state index in [0.29, 0.717) is 12.1 Å². The first kappa shape index (κ1) is 15.9. The molecule has 0 amide bonds. The number of carboxylic acid groups (broad SMARTS) is 2. The summed E-state index contributed by atoms with van der Waals surface area (Å²) in [6, 6.07) is 4.59. The molecule has 1 aromatic carbocycles. The van der Waals surface area contributed by atoms with Crippen molar-refractivity contribution in [3.63, 3.8) is 0 Å². The van der Waals surface area contributed by atoms with Gasteiger partial charge in [-0.2, -0.15) is 0 Å². The van der Waals surface area contributed by atoms with Crippen LogP contribution in [0.2, 0.25) is 0 Å². The lowest BCUT2D eigenvalue weighted by Crippen LogP contribution is -2.46. The molecular formula is C14H15BrFNO4. The van der Waals surface area contributed by atoms with E-state index in [4.69, 9.17) is 10.2 Å². The SMILES string of the molecule is O=C(O)C1CCN(Cc2cc(Br)ccc2F)CC1C(=O)O. The molecule has 0 aromatic heterocycles. The zero-order valence-corrected chi connectivity index (χ0v) is 12.7. The van der Waals surface area contributed by atoms with E-state index in [1.165, 1.54) is 6.07 Å². The van der Waals surface area contributed by atoms with Gasteiger partial charge in [0.15, 0.2) is 0 Å². The van der Waals surface area contributed by atoms with Gasteiger partial charge in [0.2, 0.25) is 0 Å². The highest BCUT2D eigenvalue weighted by atomic mass is 79.9. The first-order valence-corrected chi connectivity index (χ1v) is 7.29. The van der Waals surface area contributed by atoms with Gasteiger partial charge in [0.05, 0.1) is 11.8 Å². The molecule has 1 aliphatic heterocycles. The van der Waals surface area contributed by atoms with Gasteiger partial charge in [0, 0.05) is 23.1 Å². The number of carboxylic acids is 2. The van der Waals surface area contributed by atoms with E-state index in [2.05, 4.69) is 15.9 Å². The van der Waals surface area contributed by atoms with Crippen LogP contribution in [0.5, 0.6) is 0 Å². The van der Waals surface area contributed by atoms with Crippen LogP contribution in [0, 0.1) is 17.7 Å². The number of hydrogen-bond acceptors (Lipinski definition) is 3. The van der Waals surface area contributed by atoms with Crippen molar-refractivity contribution in [2.45, 2.75) is 13.0 Å². The van der Waals surface area contributed by atoms with Crippen LogP contribution in [0.3, 0.4) is 0 Å². The standard InChI is InChI=1S/C14H15BrFNO4/c15-9-1-2-12(16)8(5-9)6-17-4-3-10(13(18)19)11(7-17)14(20)21/h1-2,5,10-11H,3-4,6-7H2,(H,18,19)(H,20,21). The van der Waals surface area contributed by atoms with Crippen molar-refractivity contribution < 1.29 is 24.2 Å². The maximum absolute atomic E-state index is 13.7. The maximum Gasteiger partial charge on any atom is 0.308 e. The van der Waals surface area contributed by atoms with Crippen molar-refractivity contribution in [2.24, 2.45) is 11.8 Å². The second-order valence-corrected chi connectivity index (χ2v) is 6.06. The zero-order chi connectivity index (χ0) is 15.6. The number of carbonyl (C=O) groups is 2. The van der Waals surface area contributed by atoms with Crippen LogP contribution in [0.15, 0.2) is 22.7 Å². The van der Waals surface area contributed by atoms with Gasteiger partial charge in [-0.25, -0.2) is 4.39 Å². The minimum Gasteiger partial charge on any atom is -0.481 e. The first-order chi connectivity index (χ1) is 9.88. The minimum atomic E-state index is -1.12. The molecule has 2 unspecified atom stereocenters. The van der Waals surface area contributed by atoms with Crippen molar-refractivity contribution in [1.29, 1.82) is 0 Å². The van der Waals surface area contributed by atoms with Gasteiger partial charge in [0.1, 0.15) is 5.82 Å². The summed E-state index contributed by atoms with van der Waals surface area (Å²) in [6.07, 6.45) is 0.252. The van der Waals surface area contributed by atoms with E-state index >= 15 is 0 Å². The van der Waals surface area contributed by atoms with Gasteiger partial charge in [-0.3, -0.25) is 14.5 Å². The van der Waals surface area contributed by atoms with Gasteiger partial charge < -0.3 is 10.2 Å². The van der Waals surface area contributed by atoms with Crippen LogP contribution in [0.4, 0.5) is 4.39 Å². The van der Waals surface area contributed by atoms with Crippen molar-refractivity contribution in [1.82, 2.24) is 4.90 Å². The lowest BCUT2D eigenvalue weighted by Gasteiger charge is -2.34. The molecular weight excluding hydrogens is 345 g/mol. The number of rotatable bonds is 4. The molecule has 1 aromatic rings. The van der Waals surface area contributed by atoms with Crippen molar-refractivity contribution in [2.75, 3.05) is 13.1 Å². The van der Waals surface area contributed by atoms with Gasteiger partial charge in [-0.05, 0) is 31.2 Å². The number of aliphatic carboxylic acids is 2.